The van der Waals surface area contributed by atoms with Gasteiger partial charge in [-0.2, -0.15) is 23.0 Å². The molecule has 0 aliphatic heterocycles. The maximum atomic E-state index is 12.9. The quantitative estimate of drug-likeness (QED) is 0.660. The molecule has 0 atom stereocenters. The van der Waals surface area contributed by atoms with Gasteiger partial charge >= 0.3 is 6.18 Å². The number of aryl methyl sites for hydroxylation is 1. The fraction of sp³-hybridized carbons (Fsp3) is 0.125. The molecule has 2 aromatic carbocycles. The van der Waals surface area contributed by atoms with Crippen LogP contribution in [0.4, 0.5) is 13.2 Å². The van der Waals surface area contributed by atoms with Crippen molar-refractivity contribution in [2.45, 2.75) is 13.1 Å². The number of nitrogens with zero attached hydrogens (tertiary/aromatic N) is 2. The van der Waals surface area contributed by atoms with Gasteiger partial charge in [0.1, 0.15) is 0 Å². The summed E-state index contributed by atoms with van der Waals surface area (Å²) in [5.41, 5.74) is -0.988. The van der Waals surface area contributed by atoms with E-state index in [0.29, 0.717) is 16.5 Å². The zero-order valence-electron chi connectivity index (χ0n) is 11.9. The lowest BCUT2D eigenvalue weighted by Gasteiger charge is -2.13. The van der Waals surface area contributed by atoms with Crippen molar-refractivity contribution in [3.8, 4) is 5.69 Å². The first kappa shape index (κ1) is 15.6. The standard InChI is InChI=1S/C16H10ClF3N2O/c1-9-11-4-2-3-5-12(11)15(23)22(21-9)14-8-10(16(18,19)20)6-7-13(14)17/h2-8H,1H3. The molecule has 0 bridgehead atoms. The van der Waals surface area contributed by atoms with Gasteiger partial charge in [0.2, 0.25) is 0 Å². The van der Waals surface area contributed by atoms with Crippen LogP contribution in [0.3, 0.4) is 0 Å². The molecule has 0 N–H and O–H groups in total. The Morgan fingerprint density at radius 2 is 1.74 bits per heavy atom. The van der Waals surface area contributed by atoms with Crippen molar-refractivity contribution >= 4 is 22.4 Å². The third-order valence-electron chi connectivity index (χ3n) is 3.49. The third-order valence-corrected chi connectivity index (χ3v) is 3.81. The molecule has 3 rings (SSSR count). The van der Waals surface area contributed by atoms with Crippen molar-refractivity contribution in [2.75, 3.05) is 0 Å². The van der Waals surface area contributed by atoms with Gasteiger partial charge in [0, 0.05) is 5.39 Å². The number of halogens is 4. The average Bonchev–Trinajstić information content (AvgIpc) is 2.50. The molecule has 23 heavy (non-hydrogen) atoms. The van der Waals surface area contributed by atoms with E-state index in [9.17, 15) is 18.0 Å². The minimum atomic E-state index is -4.53. The fourth-order valence-corrected chi connectivity index (χ4v) is 2.56. The summed E-state index contributed by atoms with van der Waals surface area (Å²) in [4.78, 5) is 12.6. The highest BCUT2D eigenvalue weighted by molar-refractivity contribution is 6.32. The van der Waals surface area contributed by atoms with Crippen LogP contribution in [0.25, 0.3) is 16.5 Å². The minimum absolute atomic E-state index is 0.0160. The third kappa shape index (κ3) is 2.70. The Morgan fingerprint density at radius 1 is 1.09 bits per heavy atom. The number of benzene rings is 2. The Labute approximate surface area is 133 Å². The molecule has 3 nitrogen and oxygen atoms in total. The lowest BCUT2D eigenvalue weighted by atomic mass is 10.1. The molecule has 0 saturated heterocycles. The molecule has 0 fully saturated rings. The predicted molar refractivity (Wildman–Crippen MR) is 82.1 cm³/mol. The first-order valence-corrected chi connectivity index (χ1v) is 7.02. The summed E-state index contributed by atoms with van der Waals surface area (Å²) in [6, 6.07) is 9.58. The molecule has 0 aliphatic rings. The zero-order valence-corrected chi connectivity index (χ0v) is 12.6. The van der Waals surface area contributed by atoms with Gasteiger partial charge in [0.15, 0.2) is 0 Å². The molecule has 0 spiro atoms. The van der Waals surface area contributed by atoms with Gasteiger partial charge in [0.25, 0.3) is 5.56 Å². The first-order chi connectivity index (χ1) is 10.8. The molecule has 3 aromatic rings. The van der Waals surface area contributed by atoms with Gasteiger partial charge in [-0.25, -0.2) is 0 Å². The summed E-state index contributed by atoms with van der Waals surface area (Å²) in [5.74, 6) is 0. The van der Waals surface area contributed by atoms with Crippen LogP contribution < -0.4 is 5.56 Å². The normalized spacial score (nSPS) is 11.9. The van der Waals surface area contributed by atoms with Crippen molar-refractivity contribution in [2.24, 2.45) is 0 Å². The highest BCUT2D eigenvalue weighted by Crippen LogP contribution is 2.32. The van der Waals surface area contributed by atoms with Gasteiger partial charge < -0.3 is 0 Å². The van der Waals surface area contributed by atoms with E-state index in [4.69, 9.17) is 11.6 Å². The zero-order chi connectivity index (χ0) is 16.8. The van der Waals surface area contributed by atoms with Crippen LogP contribution in [0.2, 0.25) is 5.02 Å². The molecule has 0 unspecified atom stereocenters. The smallest absolute Gasteiger partial charge is 0.267 e. The molecule has 0 aliphatic carbocycles. The van der Waals surface area contributed by atoms with Crippen molar-refractivity contribution in [3.63, 3.8) is 0 Å². The number of alkyl halides is 3. The molecule has 1 aromatic heterocycles. The first-order valence-electron chi connectivity index (χ1n) is 6.65. The Hall–Kier alpha value is -2.34. The highest BCUT2D eigenvalue weighted by Gasteiger charge is 2.31. The second kappa shape index (κ2) is 5.38. The summed E-state index contributed by atoms with van der Waals surface area (Å²) in [5, 5.41) is 5.14. The largest absolute Gasteiger partial charge is 0.416 e. The lowest BCUT2D eigenvalue weighted by molar-refractivity contribution is -0.137. The second-order valence-corrected chi connectivity index (χ2v) is 5.42. The molecule has 118 valence electrons. The van der Waals surface area contributed by atoms with E-state index < -0.39 is 17.3 Å². The van der Waals surface area contributed by atoms with E-state index in [1.807, 2.05) is 0 Å². The SMILES string of the molecule is Cc1nn(-c2cc(C(F)(F)F)ccc2Cl)c(=O)c2ccccc12. The lowest BCUT2D eigenvalue weighted by Crippen LogP contribution is -2.23. The number of fused-ring (bicyclic) bond motifs is 1. The molecule has 0 saturated carbocycles. The summed E-state index contributed by atoms with van der Waals surface area (Å²) in [6.07, 6.45) is -4.53. The highest BCUT2D eigenvalue weighted by atomic mass is 35.5. The Morgan fingerprint density at radius 3 is 2.39 bits per heavy atom. The van der Waals surface area contributed by atoms with Crippen molar-refractivity contribution < 1.29 is 13.2 Å². The van der Waals surface area contributed by atoms with Crippen molar-refractivity contribution in [3.05, 3.63) is 69.1 Å². The maximum Gasteiger partial charge on any atom is 0.416 e. The Balaban J connectivity index is 2.34. The van der Waals surface area contributed by atoms with Gasteiger partial charge in [-0.1, -0.05) is 29.8 Å². The van der Waals surface area contributed by atoms with Crippen LogP contribution in [0, 0.1) is 6.92 Å². The fourth-order valence-electron chi connectivity index (χ4n) is 2.36. The number of aromatic nitrogens is 2. The summed E-state index contributed by atoms with van der Waals surface area (Å²) in [6.45, 7) is 1.68. The summed E-state index contributed by atoms with van der Waals surface area (Å²) < 4.78 is 39.6. The van der Waals surface area contributed by atoms with Gasteiger partial charge in [-0.3, -0.25) is 4.79 Å². The average molecular weight is 339 g/mol. The van der Waals surface area contributed by atoms with E-state index in [1.54, 1.807) is 31.2 Å². The number of hydrogen-bond donors (Lipinski definition) is 0. The number of hydrogen-bond acceptors (Lipinski definition) is 2. The second-order valence-electron chi connectivity index (χ2n) is 5.01. The topological polar surface area (TPSA) is 34.9 Å². The molecule has 7 heteroatoms. The maximum absolute atomic E-state index is 12.9. The summed E-state index contributed by atoms with van der Waals surface area (Å²) >= 11 is 5.99. The Bertz CT molecular complexity index is 964. The van der Waals surface area contributed by atoms with Crippen molar-refractivity contribution in [1.82, 2.24) is 9.78 Å². The van der Waals surface area contributed by atoms with Crippen molar-refractivity contribution in [1.29, 1.82) is 0 Å². The van der Waals surface area contributed by atoms with Crippen LogP contribution in [-0.2, 0) is 6.18 Å². The van der Waals surface area contributed by atoms with Crippen LogP contribution in [0.5, 0.6) is 0 Å². The van der Waals surface area contributed by atoms with Crippen LogP contribution >= 0.6 is 11.6 Å². The predicted octanol–water partition coefficient (Wildman–Crippen LogP) is 4.37. The molecular formula is C16H10ClF3N2O. The summed E-state index contributed by atoms with van der Waals surface area (Å²) in [7, 11) is 0. The van der Waals surface area contributed by atoms with Crippen LogP contribution in [0.15, 0.2) is 47.3 Å². The van der Waals surface area contributed by atoms with Crippen LogP contribution in [0.1, 0.15) is 11.3 Å². The van der Waals surface area contributed by atoms with Gasteiger partial charge in [0.05, 0.1) is 27.4 Å². The molecular weight excluding hydrogens is 329 g/mol. The Kier molecular flexibility index (Phi) is 3.64. The van der Waals surface area contributed by atoms with Crippen LogP contribution in [-0.4, -0.2) is 9.78 Å². The minimum Gasteiger partial charge on any atom is -0.267 e. The monoisotopic (exact) mass is 338 g/mol. The van der Waals surface area contributed by atoms with E-state index in [2.05, 4.69) is 5.10 Å². The van der Waals surface area contributed by atoms with Gasteiger partial charge in [-0.15, -0.1) is 0 Å². The van der Waals surface area contributed by atoms with E-state index >= 15 is 0 Å². The van der Waals surface area contributed by atoms with E-state index in [0.717, 1.165) is 22.9 Å². The number of rotatable bonds is 1. The van der Waals surface area contributed by atoms with E-state index in [1.165, 1.54) is 0 Å². The molecule has 1 heterocycles. The molecule has 0 radical (unpaired) electrons. The molecule has 0 amide bonds. The van der Waals surface area contributed by atoms with E-state index in [-0.39, 0.29) is 10.7 Å². The van der Waals surface area contributed by atoms with Gasteiger partial charge in [-0.05, 0) is 31.2 Å².